The second-order valence-corrected chi connectivity index (χ2v) is 7.38. The van der Waals surface area contributed by atoms with Gasteiger partial charge in [0.25, 0.3) is 11.8 Å². The molecule has 1 heterocycles. The van der Waals surface area contributed by atoms with E-state index in [1.807, 2.05) is 31.2 Å². The normalized spacial score (nSPS) is 16.7. The van der Waals surface area contributed by atoms with Crippen LogP contribution in [0.4, 0.5) is 24.5 Å². The first-order chi connectivity index (χ1) is 14.1. The van der Waals surface area contributed by atoms with E-state index >= 15 is 0 Å². The number of quaternary nitrogens is 1. The average Bonchev–Trinajstić information content (AvgIpc) is 2.97. The van der Waals surface area contributed by atoms with Crippen molar-refractivity contribution < 1.29 is 32.4 Å². The third-order valence-electron chi connectivity index (χ3n) is 4.76. The van der Waals surface area contributed by atoms with Crippen molar-refractivity contribution in [2.24, 2.45) is 0 Å². The first kappa shape index (κ1) is 21.6. The zero-order valence-corrected chi connectivity index (χ0v) is 16.6. The molecule has 6 nitrogen and oxygen atoms in total. The number of hydrogen-bond donors (Lipinski definition) is 2. The molecular weight excluding hydrogens is 399 g/mol. The Bertz CT molecular complexity index is 916. The van der Waals surface area contributed by atoms with Crippen LogP contribution in [0.5, 0.6) is 5.75 Å². The SMILES string of the molecule is C[C@@H]1Cc2ccccc2N1C(=O)C[NH+](C)CC(=O)Nc1ccc(OC(F)(F)F)cc1. The number of anilines is 2. The van der Waals surface area contributed by atoms with Gasteiger partial charge in [-0.1, -0.05) is 18.2 Å². The fraction of sp³-hybridized carbons (Fsp3) is 0.333. The minimum atomic E-state index is -4.77. The first-order valence-corrected chi connectivity index (χ1v) is 9.49. The van der Waals surface area contributed by atoms with Crippen molar-refractivity contribution >= 4 is 23.2 Å². The van der Waals surface area contributed by atoms with Crippen LogP contribution in [0.2, 0.25) is 0 Å². The maximum absolute atomic E-state index is 12.8. The number of likely N-dealkylation sites (N-methyl/N-ethyl adjacent to an activating group) is 1. The Balaban J connectivity index is 1.52. The molecule has 0 saturated carbocycles. The summed E-state index contributed by atoms with van der Waals surface area (Å²) >= 11 is 0. The maximum atomic E-state index is 12.8. The monoisotopic (exact) mass is 422 g/mol. The van der Waals surface area contributed by atoms with Crippen molar-refractivity contribution in [3.8, 4) is 5.75 Å². The minimum absolute atomic E-state index is 0.0381. The lowest BCUT2D eigenvalue weighted by Gasteiger charge is -2.24. The van der Waals surface area contributed by atoms with E-state index in [1.165, 1.54) is 12.1 Å². The van der Waals surface area contributed by atoms with Gasteiger partial charge in [0.15, 0.2) is 13.1 Å². The van der Waals surface area contributed by atoms with E-state index in [4.69, 9.17) is 0 Å². The standard InChI is InChI=1S/C21H22F3N3O3/c1-14-11-15-5-3-4-6-18(15)27(14)20(29)13-26(2)12-19(28)25-16-7-9-17(10-8-16)30-21(22,23)24/h3-10,14H,11-13H2,1-2H3,(H,25,28)/p+1/t14-/m1/s1. The largest absolute Gasteiger partial charge is 0.573 e. The lowest BCUT2D eigenvalue weighted by Crippen LogP contribution is -3.11. The van der Waals surface area contributed by atoms with Gasteiger partial charge >= 0.3 is 6.36 Å². The van der Waals surface area contributed by atoms with Crippen molar-refractivity contribution in [3.63, 3.8) is 0 Å². The smallest absolute Gasteiger partial charge is 0.406 e. The topological polar surface area (TPSA) is 63.1 Å². The number of fused-ring (bicyclic) bond motifs is 1. The fourth-order valence-electron chi connectivity index (χ4n) is 3.57. The van der Waals surface area contributed by atoms with Gasteiger partial charge in [0, 0.05) is 17.4 Å². The Hall–Kier alpha value is -3.07. The Labute approximate surface area is 172 Å². The van der Waals surface area contributed by atoms with E-state index in [2.05, 4.69) is 10.1 Å². The van der Waals surface area contributed by atoms with Gasteiger partial charge < -0.3 is 19.9 Å². The molecule has 1 aliphatic heterocycles. The van der Waals surface area contributed by atoms with Crippen LogP contribution in [-0.2, 0) is 16.0 Å². The summed E-state index contributed by atoms with van der Waals surface area (Å²) in [6.45, 7) is 2.17. The number of rotatable bonds is 6. The van der Waals surface area contributed by atoms with Gasteiger partial charge in [0.1, 0.15) is 5.75 Å². The Kier molecular flexibility index (Phi) is 6.31. The Morgan fingerprint density at radius 1 is 1.13 bits per heavy atom. The molecule has 2 N–H and O–H groups in total. The number of ether oxygens (including phenoxy) is 1. The van der Waals surface area contributed by atoms with Gasteiger partial charge in [0.05, 0.1) is 7.05 Å². The molecule has 0 spiro atoms. The molecule has 0 radical (unpaired) electrons. The number of amides is 2. The van der Waals surface area contributed by atoms with E-state index < -0.39 is 6.36 Å². The molecule has 2 aromatic rings. The number of carbonyl (C=O) groups excluding carboxylic acids is 2. The van der Waals surface area contributed by atoms with Crippen LogP contribution >= 0.6 is 0 Å². The highest BCUT2D eigenvalue weighted by atomic mass is 19.4. The van der Waals surface area contributed by atoms with E-state index in [0.717, 1.165) is 29.8 Å². The summed E-state index contributed by atoms with van der Waals surface area (Å²) in [5.41, 5.74) is 2.39. The van der Waals surface area contributed by atoms with Crippen LogP contribution < -0.4 is 19.9 Å². The van der Waals surface area contributed by atoms with Gasteiger partial charge in [-0.3, -0.25) is 9.59 Å². The average molecular weight is 422 g/mol. The second kappa shape index (κ2) is 8.74. The van der Waals surface area contributed by atoms with Gasteiger partial charge in [-0.25, -0.2) is 0 Å². The minimum Gasteiger partial charge on any atom is -0.406 e. The summed E-state index contributed by atoms with van der Waals surface area (Å²) in [5, 5.41) is 2.61. The van der Waals surface area contributed by atoms with Crippen LogP contribution in [0.1, 0.15) is 12.5 Å². The quantitative estimate of drug-likeness (QED) is 0.749. The van der Waals surface area contributed by atoms with Crippen LogP contribution in [0.3, 0.4) is 0 Å². The molecular formula is C21H23F3N3O3+. The molecule has 0 fully saturated rings. The van der Waals surface area contributed by atoms with Crippen LogP contribution in [-0.4, -0.2) is 44.4 Å². The van der Waals surface area contributed by atoms with Crippen LogP contribution in [0.25, 0.3) is 0 Å². The summed E-state index contributed by atoms with van der Waals surface area (Å²) in [6, 6.07) is 12.7. The molecule has 2 atom stereocenters. The number of carbonyl (C=O) groups is 2. The molecule has 0 saturated heterocycles. The van der Waals surface area contributed by atoms with Crippen molar-refractivity contribution in [1.29, 1.82) is 0 Å². The van der Waals surface area contributed by atoms with Gasteiger partial charge in [-0.2, -0.15) is 0 Å². The summed E-state index contributed by atoms with van der Waals surface area (Å²) < 4.78 is 40.4. The molecule has 30 heavy (non-hydrogen) atoms. The number of halogens is 3. The van der Waals surface area contributed by atoms with Crippen molar-refractivity contribution in [2.75, 3.05) is 30.4 Å². The third-order valence-corrected chi connectivity index (χ3v) is 4.76. The molecule has 0 aromatic heterocycles. The molecule has 0 bridgehead atoms. The lowest BCUT2D eigenvalue weighted by atomic mass is 10.1. The molecule has 2 amide bonds. The predicted molar refractivity (Wildman–Crippen MR) is 105 cm³/mol. The van der Waals surface area contributed by atoms with Gasteiger partial charge in [-0.15, -0.1) is 13.2 Å². The van der Waals surface area contributed by atoms with Crippen molar-refractivity contribution in [1.82, 2.24) is 0 Å². The molecule has 0 aliphatic carbocycles. The molecule has 3 rings (SSSR count). The molecule has 1 unspecified atom stereocenters. The number of alkyl halides is 3. The maximum Gasteiger partial charge on any atom is 0.573 e. The number of hydrogen-bond acceptors (Lipinski definition) is 3. The summed E-state index contributed by atoms with van der Waals surface area (Å²) in [4.78, 5) is 27.5. The van der Waals surface area contributed by atoms with Crippen molar-refractivity contribution in [3.05, 3.63) is 54.1 Å². The highest BCUT2D eigenvalue weighted by Crippen LogP contribution is 2.31. The molecule has 2 aromatic carbocycles. The number of nitrogens with zero attached hydrogens (tertiary/aromatic N) is 1. The van der Waals surface area contributed by atoms with Crippen LogP contribution in [0, 0.1) is 0 Å². The summed E-state index contributed by atoms with van der Waals surface area (Å²) in [5.74, 6) is -0.778. The highest BCUT2D eigenvalue weighted by molar-refractivity contribution is 5.97. The number of nitrogens with one attached hydrogen (secondary N) is 2. The van der Waals surface area contributed by atoms with Gasteiger partial charge in [0.2, 0.25) is 0 Å². The van der Waals surface area contributed by atoms with Crippen molar-refractivity contribution in [2.45, 2.75) is 25.7 Å². The summed E-state index contributed by atoms with van der Waals surface area (Å²) in [7, 11) is 1.74. The zero-order chi connectivity index (χ0) is 21.9. The van der Waals surface area contributed by atoms with E-state index in [-0.39, 0.29) is 36.7 Å². The summed E-state index contributed by atoms with van der Waals surface area (Å²) in [6.07, 6.45) is -3.97. The molecule has 160 valence electrons. The lowest BCUT2D eigenvalue weighted by molar-refractivity contribution is -0.862. The first-order valence-electron chi connectivity index (χ1n) is 9.49. The van der Waals surface area contributed by atoms with E-state index in [9.17, 15) is 22.8 Å². The number of para-hydroxylation sites is 1. The molecule has 9 heteroatoms. The predicted octanol–water partition coefficient (Wildman–Crippen LogP) is 2.02. The Morgan fingerprint density at radius 3 is 2.47 bits per heavy atom. The Morgan fingerprint density at radius 2 is 1.80 bits per heavy atom. The molecule has 1 aliphatic rings. The third kappa shape index (κ3) is 5.50. The number of benzene rings is 2. The van der Waals surface area contributed by atoms with E-state index in [0.29, 0.717) is 10.6 Å². The highest BCUT2D eigenvalue weighted by Gasteiger charge is 2.32. The fourth-order valence-corrected chi connectivity index (χ4v) is 3.57. The van der Waals surface area contributed by atoms with Crippen LogP contribution in [0.15, 0.2) is 48.5 Å². The second-order valence-electron chi connectivity index (χ2n) is 7.38. The van der Waals surface area contributed by atoms with E-state index in [1.54, 1.807) is 11.9 Å². The zero-order valence-electron chi connectivity index (χ0n) is 16.6. The van der Waals surface area contributed by atoms with Gasteiger partial charge in [-0.05, 0) is 49.2 Å².